The molecule has 6 nitrogen and oxygen atoms in total. The molecule has 19 heavy (non-hydrogen) atoms. The number of aliphatic carboxylic acids is 1. The second-order valence-corrected chi connectivity index (χ2v) is 3.85. The van der Waals surface area contributed by atoms with Crippen LogP contribution in [-0.4, -0.2) is 29.5 Å². The van der Waals surface area contributed by atoms with Crippen LogP contribution in [0.3, 0.4) is 0 Å². The SMILES string of the molecule is O=C(O)CC(=O)CCNC(=O)OCc1ccccc1. The third kappa shape index (κ3) is 6.82. The number of carbonyl (C=O) groups excluding carboxylic acids is 2. The molecule has 1 aromatic rings. The highest BCUT2D eigenvalue weighted by molar-refractivity contribution is 5.94. The predicted octanol–water partition coefficient (Wildman–Crippen LogP) is 1.35. The molecular formula is C13H15NO5. The van der Waals surface area contributed by atoms with Crippen molar-refractivity contribution >= 4 is 17.8 Å². The average molecular weight is 265 g/mol. The molecule has 1 rings (SSSR count). The van der Waals surface area contributed by atoms with Crippen molar-refractivity contribution in [1.82, 2.24) is 5.32 Å². The molecule has 102 valence electrons. The number of carbonyl (C=O) groups is 3. The van der Waals surface area contributed by atoms with Gasteiger partial charge in [0.25, 0.3) is 0 Å². The number of amides is 1. The lowest BCUT2D eigenvalue weighted by Crippen LogP contribution is -2.27. The van der Waals surface area contributed by atoms with Gasteiger partial charge in [0.1, 0.15) is 18.8 Å². The van der Waals surface area contributed by atoms with Crippen molar-refractivity contribution < 1.29 is 24.2 Å². The number of ether oxygens (including phenoxy) is 1. The average Bonchev–Trinajstić information content (AvgIpc) is 2.36. The number of alkyl carbamates (subject to hydrolysis) is 1. The van der Waals surface area contributed by atoms with Gasteiger partial charge >= 0.3 is 12.1 Å². The van der Waals surface area contributed by atoms with Crippen LogP contribution in [0.2, 0.25) is 0 Å². The molecule has 0 radical (unpaired) electrons. The Bertz CT molecular complexity index is 444. The Morgan fingerprint density at radius 1 is 1.16 bits per heavy atom. The number of ketones is 1. The molecule has 0 saturated heterocycles. The number of carboxylic acid groups (broad SMARTS) is 1. The van der Waals surface area contributed by atoms with Crippen LogP contribution in [0.5, 0.6) is 0 Å². The van der Waals surface area contributed by atoms with E-state index in [1.165, 1.54) is 0 Å². The fourth-order valence-corrected chi connectivity index (χ4v) is 1.34. The van der Waals surface area contributed by atoms with Crippen molar-refractivity contribution in [3.8, 4) is 0 Å². The summed E-state index contributed by atoms with van der Waals surface area (Å²) in [5.74, 6) is -1.60. The number of carboxylic acids is 1. The number of rotatable bonds is 7. The highest BCUT2D eigenvalue weighted by Gasteiger charge is 2.08. The maximum atomic E-state index is 11.3. The van der Waals surface area contributed by atoms with Crippen LogP contribution in [0, 0.1) is 0 Å². The van der Waals surface area contributed by atoms with Gasteiger partial charge in [0.2, 0.25) is 0 Å². The zero-order valence-electron chi connectivity index (χ0n) is 10.3. The molecule has 0 unspecified atom stereocenters. The van der Waals surface area contributed by atoms with E-state index < -0.39 is 24.3 Å². The number of hydrogen-bond donors (Lipinski definition) is 2. The first-order valence-corrected chi connectivity index (χ1v) is 5.76. The second kappa shape index (κ2) is 7.86. The van der Waals surface area contributed by atoms with E-state index >= 15 is 0 Å². The Hall–Kier alpha value is -2.37. The van der Waals surface area contributed by atoms with E-state index in [0.29, 0.717) is 0 Å². The third-order valence-corrected chi connectivity index (χ3v) is 2.23. The van der Waals surface area contributed by atoms with Crippen molar-refractivity contribution in [3.63, 3.8) is 0 Å². The lowest BCUT2D eigenvalue weighted by atomic mass is 10.2. The lowest BCUT2D eigenvalue weighted by molar-refractivity contribution is -0.140. The van der Waals surface area contributed by atoms with E-state index in [1.54, 1.807) is 0 Å². The van der Waals surface area contributed by atoms with Crippen LogP contribution in [-0.2, 0) is 20.9 Å². The molecule has 0 aliphatic carbocycles. The summed E-state index contributed by atoms with van der Waals surface area (Å²) in [7, 11) is 0. The summed E-state index contributed by atoms with van der Waals surface area (Å²) >= 11 is 0. The number of hydrogen-bond acceptors (Lipinski definition) is 4. The topological polar surface area (TPSA) is 92.7 Å². The van der Waals surface area contributed by atoms with Gasteiger partial charge in [-0.15, -0.1) is 0 Å². The molecule has 0 aliphatic rings. The summed E-state index contributed by atoms with van der Waals surface area (Å²) in [5, 5.41) is 10.8. The largest absolute Gasteiger partial charge is 0.481 e. The smallest absolute Gasteiger partial charge is 0.407 e. The maximum Gasteiger partial charge on any atom is 0.407 e. The van der Waals surface area contributed by atoms with Gasteiger partial charge in [0.15, 0.2) is 0 Å². The molecule has 1 amide bonds. The Kier molecular flexibility index (Phi) is 6.08. The van der Waals surface area contributed by atoms with Gasteiger partial charge in [0.05, 0.1) is 0 Å². The van der Waals surface area contributed by atoms with Gasteiger partial charge in [-0.25, -0.2) is 4.79 Å². The Morgan fingerprint density at radius 2 is 1.84 bits per heavy atom. The predicted molar refractivity (Wildman–Crippen MR) is 66.5 cm³/mol. The fraction of sp³-hybridized carbons (Fsp3) is 0.308. The molecule has 0 aromatic heterocycles. The first-order valence-electron chi connectivity index (χ1n) is 5.76. The fourth-order valence-electron chi connectivity index (χ4n) is 1.34. The molecule has 0 bridgehead atoms. The Labute approximate surface area is 110 Å². The van der Waals surface area contributed by atoms with Crippen molar-refractivity contribution in [2.24, 2.45) is 0 Å². The van der Waals surface area contributed by atoms with Gasteiger partial charge in [-0.05, 0) is 5.56 Å². The van der Waals surface area contributed by atoms with Crippen molar-refractivity contribution in [2.45, 2.75) is 19.4 Å². The first kappa shape index (κ1) is 14.7. The van der Waals surface area contributed by atoms with E-state index in [0.717, 1.165) is 5.56 Å². The molecule has 0 atom stereocenters. The molecule has 0 aliphatic heterocycles. The van der Waals surface area contributed by atoms with E-state index in [9.17, 15) is 14.4 Å². The van der Waals surface area contributed by atoms with Gasteiger partial charge in [0, 0.05) is 13.0 Å². The van der Waals surface area contributed by atoms with E-state index in [4.69, 9.17) is 9.84 Å². The summed E-state index contributed by atoms with van der Waals surface area (Å²) in [6, 6.07) is 9.17. The van der Waals surface area contributed by atoms with Crippen molar-refractivity contribution in [2.75, 3.05) is 6.54 Å². The maximum absolute atomic E-state index is 11.3. The lowest BCUT2D eigenvalue weighted by Gasteiger charge is -2.06. The zero-order chi connectivity index (χ0) is 14.1. The normalized spacial score (nSPS) is 9.68. The summed E-state index contributed by atoms with van der Waals surface area (Å²) in [5.41, 5.74) is 0.861. The van der Waals surface area contributed by atoms with Crippen LogP contribution in [0.15, 0.2) is 30.3 Å². The molecule has 1 aromatic carbocycles. The minimum Gasteiger partial charge on any atom is -0.481 e. The minimum absolute atomic E-state index is 0.0211. The van der Waals surface area contributed by atoms with Gasteiger partial charge in [-0.1, -0.05) is 30.3 Å². The summed E-state index contributed by atoms with van der Waals surface area (Å²) in [6.07, 6.45) is -1.18. The monoisotopic (exact) mass is 265 g/mol. The zero-order valence-corrected chi connectivity index (χ0v) is 10.3. The van der Waals surface area contributed by atoms with Crippen molar-refractivity contribution in [3.05, 3.63) is 35.9 Å². The molecule has 0 saturated carbocycles. The quantitative estimate of drug-likeness (QED) is 0.726. The van der Waals surface area contributed by atoms with Crippen LogP contribution < -0.4 is 5.32 Å². The van der Waals surface area contributed by atoms with Gasteiger partial charge in [-0.3, -0.25) is 9.59 Å². The Morgan fingerprint density at radius 3 is 2.47 bits per heavy atom. The number of nitrogens with one attached hydrogen (secondary N) is 1. The summed E-state index contributed by atoms with van der Waals surface area (Å²) in [6.45, 7) is 0.218. The summed E-state index contributed by atoms with van der Waals surface area (Å²) in [4.78, 5) is 32.5. The van der Waals surface area contributed by atoms with Gasteiger partial charge < -0.3 is 15.2 Å². The second-order valence-electron chi connectivity index (χ2n) is 3.85. The third-order valence-electron chi connectivity index (χ3n) is 2.23. The van der Waals surface area contributed by atoms with Crippen LogP contribution in [0.25, 0.3) is 0 Å². The molecule has 0 fully saturated rings. The number of Topliss-reactive ketones (excluding diaryl/α,β-unsaturated/α-hetero) is 1. The van der Waals surface area contributed by atoms with Crippen molar-refractivity contribution in [1.29, 1.82) is 0 Å². The van der Waals surface area contributed by atoms with E-state index in [-0.39, 0.29) is 19.6 Å². The highest BCUT2D eigenvalue weighted by atomic mass is 16.5. The molecule has 2 N–H and O–H groups in total. The Balaban J connectivity index is 2.15. The first-order chi connectivity index (χ1) is 9.08. The van der Waals surface area contributed by atoms with Gasteiger partial charge in [-0.2, -0.15) is 0 Å². The molecule has 6 heteroatoms. The van der Waals surface area contributed by atoms with Crippen LogP contribution in [0.4, 0.5) is 4.79 Å². The standard InChI is InChI=1S/C13H15NO5/c15-11(8-12(16)17)6-7-14-13(18)19-9-10-4-2-1-3-5-10/h1-5H,6-9H2,(H,14,18)(H,16,17). The van der Waals surface area contributed by atoms with E-state index in [1.807, 2.05) is 30.3 Å². The molecule has 0 heterocycles. The van der Waals surface area contributed by atoms with E-state index in [2.05, 4.69) is 5.32 Å². The highest BCUT2D eigenvalue weighted by Crippen LogP contribution is 2.00. The molecular weight excluding hydrogens is 250 g/mol. The summed E-state index contributed by atoms with van der Waals surface area (Å²) < 4.78 is 4.91. The minimum atomic E-state index is -1.17. The molecule has 0 spiro atoms. The number of benzene rings is 1. The van der Waals surface area contributed by atoms with Crippen LogP contribution >= 0.6 is 0 Å². The van der Waals surface area contributed by atoms with Crippen LogP contribution in [0.1, 0.15) is 18.4 Å².